The Morgan fingerprint density at radius 1 is 0.435 bits per heavy atom. The van der Waals surface area contributed by atoms with Gasteiger partial charge in [0.05, 0.1) is 33.1 Å². The third kappa shape index (κ3) is 2.64. The van der Waals surface area contributed by atoms with Gasteiger partial charge < -0.3 is 8.80 Å². The van der Waals surface area contributed by atoms with E-state index < -0.39 is 0 Å². The van der Waals surface area contributed by atoms with Crippen molar-refractivity contribution < 1.29 is 0 Å². The minimum absolute atomic E-state index is 1.08. The van der Waals surface area contributed by atoms with Crippen LogP contribution in [0.1, 0.15) is 18.4 Å². The summed E-state index contributed by atoms with van der Waals surface area (Å²) in [5, 5.41) is 13.2. The summed E-state index contributed by atoms with van der Waals surface area (Å²) in [5.41, 5.74) is 13.0. The number of allylic oxidation sites excluding steroid dienone is 4. The minimum Gasteiger partial charge on any atom is -0.305 e. The van der Waals surface area contributed by atoms with Gasteiger partial charge in [-0.1, -0.05) is 103 Å². The third-order valence-corrected chi connectivity index (χ3v) is 10.9. The number of nitrogens with zero attached hydrogens (tertiary/aromatic N) is 2. The molecule has 11 aromatic rings. The van der Waals surface area contributed by atoms with E-state index in [2.05, 4.69) is 142 Å². The molecule has 12 rings (SSSR count). The van der Waals surface area contributed by atoms with Gasteiger partial charge in [-0.2, -0.15) is 0 Å². The van der Waals surface area contributed by atoms with Crippen molar-refractivity contribution in [1.29, 1.82) is 0 Å². The predicted molar refractivity (Wildman–Crippen MR) is 196 cm³/mol. The lowest BCUT2D eigenvalue weighted by atomic mass is 9.87. The lowest BCUT2D eigenvalue weighted by Crippen LogP contribution is -2.07. The van der Waals surface area contributed by atoms with Gasteiger partial charge in [0.15, 0.2) is 0 Å². The third-order valence-electron chi connectivity index (χ3n) is 10.9. The maximum Gasteiger partial charge on any atom is 0.0795 e. The minimum atomic E-state index is 1.08. The van der Waals surface area contributed by atoms with E-state index in [1.54, 1.807) is 0 Å². The summed E-state index contributed by atoms with van der Waals surface area (Å²) < 4.78 is 5.25. The van der Waals surface area contributed by atoms with E-state index >= 15 is 0 Å². The Kier molecular flexibility index (Phi) is 4.11. The monoisotopic (exact) mass is 582 g/mol. The average molecular weight is 583 g/mol. The number of benzene rings is 7. The molecule has 0 bridgehead atoms. The summed E-state index contributed by atoms with van der Waals surface area (Å²) in [4.78, 5) is 0. The number of para-hydroxylation sites is 1. The molecule has 0 N–H and O–H groups in total. The fourth-order valence-corrected chi connectivity index (χ4v) is 9.10. The molecule has 0 amide bonds. The van der Waals surface area contributed by atoms with Crippen molar-refractivity contribution in [2.75, 3.05) is 0 Å². The van der Waals surface area contributed by atoms with Crippen LogP contribution in [-0.2, 0) is 0 Å². The number of rotatable bonds is 2. The average Bonchev–Trinajstić information content (AvgIpc) is 3.46. The maximum atomic E-state index is 2.66. The fraction of sp³-hybridized carbons (Fsp3) is 0.0455. The molecular formula is C44H26N2. The largest absolute Gasteiger partial charge is 0.305 e. The lowest BCUT2D eigenvalue weighted by Gasteiger charge is -2.26. The van der Waals surface area contributed by atoms with E-state index in [1.807, 2.05) is 0 Å². The van der Waals surface area contributed by atoms with Crippen LogP contribution in [0.5, 0.6) is 0 Å². The molecule has 0 spiro atoms. The number of aromatic nitrogens is 2. The molecule has 4 heterocycles. The first-order chi connectivity index (χ1) is 22.8. The van der Waals surface area contributed by atoms with Gasteiger partial charge in [-0.3, -0.25) is 0 Å². The van der Waals surface area contributed by atoms with Crippen LogP contribution in [0.2, 0.25) is 0 Å². The molecule has 0 atom stereocenters. The molecule has 0 unspecified atom stereocenters. The van der Waals surface area contributed by atoms with Crippen molar-refractivity contribution >= 4 is 92.5 Å². The highest BCUT2D eigenvalue weighted by molar-refractivity contribution is 6.37. The maximum absolute atomic E-state index is 2.66. The van der Waals surface area contributed by atoms with Crippen LogP contribution >= 0.6 is 0 Å². The molecule has 0 aliphatic heterocycles. The van der Waals surface area contributed by atoms with E-state index in [0.29, 0.717) is 0 Å². The van der Waals surface area contributed by atoms with Gasteiger partial charge in [0.25, 0.3) is 0 Å². The van der Waals surface area contributed by atoms with Gasteiger partial charge in [0.1, 0.15) is 0 Å². The normalized spacial score (nSPS) is 14.4. The molecule has 0 fully saturated rings. The Morgan fingerprint density at radius 3 is 2.02 bits per heavy atom. The molecule has 7 aromatic carbocycles. The number of hydrogen-bond acceptors (Lipinski definition) is 0. The molecule has 0 saturated carbocycles. The molecule has 46 heavy (non-hydrogen) atoms. The summed E-state index contributed by atoms with van der Waals surface area (Å²) in [6.45, 7) is 0. The summed E-state index contributed by atoms with van der Waals surface area (Å²) >= 11 is 0. The highest BCUT2D eigenvalue weighted by Crippen LogP contribution is 2.50. The SMILES string of the molecule is C1=CC(c2cc3c4c5c2cccc5c2cc(-c5ccccc5)cc5c6cccc7cc8c9ccccc9n3c8c(c76)n4c25)=CCC1. The first kappa shape index (κ1) is 23.5. The zero-order valence-corrected chi connectivity index (χ0v) is 25.0. The van der Waals surface area contributed by atoms with Crippen LogP contribution < -0.4 is 0 Å². The van der Waals surface area contributed by atoms with E-state index in [9.17, 15) is 0 Å². The van der Waals surface area contributed by atoms with E-state index in [-0.39, 0.29) is 0 Å². The van der Waals surface area contributed by atoms with E-state index in [1.165, 1.54) is 109 Å². The molecule has 0 radical (unpaired) electrons. The van der Waals surface area contributed by atoms with Crippen molar-refractivity contribution in [2.24, 2.45) is 0 Å². The molecule has 2 nitrogen and oxygen atoms in total. The Balaban J connectivity index is 1.48. The van der Waals surface area contributed by atoms with Crippen molar-refractivity contribution in [3.8, 4) is 11.1 Å². The highest BCUT2D eigenvalue weighted by Gasteiger charge is 2.27. The topological polar surface area (TPSA) is 8.82 Å². The Hall–Kier alpha value is -5.86. The van der Waals surface area contributed by atoms with Gasteiger partial charge in [-0.15, -0.1) is 0 Å². The smallest absolute Gasteiger partial charge is 0.0795 e. The van der Waals surface area contributed by atoms with E-state index in [4.69, 9.17) is 0 Å². The molecule has 212 valence electrons. The number of fused-ring (bicyclic) bond motifs is 6. The molecule has 1 aliphatic carbocycles. The highest BCUT2D eigenvalue weighted by atomic mass is 15.0. The Bertz CT molecular complexity index is 3110. The second kappa shape index (κ2) is 8.04. The van der Waals surface area contributed by atoms with Crippen molar-refractivity contribution in [3.63, 3.8) is 0 Å². The first-order valence-corrected chi connectivity index (χ1v) is 16.4. The fourth-order valence-electron chi connectivity index (χ4n) is 9.10. The molecule has 2 heteroatoms. The van der Waals surface area contributed by atoms with Crippen LogP contribution in [0.15, 0.2) is 133 Å². The van der Waals surface area contributed by atoms with Crippen molar-refractivity contribution in [1.82, 2.24) is 8.80 Å². The molecule has 0 saturated heterocycles. The summed E-state index contributed by atoms with van der Waals surface area (Å²) in [7, 11) is 0. The second-order valence-electron chi connectivity index (χ2n) is 13.2. The second-order valence-corrected chi connectivity index (χ2v) is 13.2. The van der Waals surface area contributed by atoms with Gasteiger partial charge in [0.2, 0.25) is 0 Å². The summed E-state index contributed by atoms with van der Waals surface area (Å²) in [5.74, 6) is 0. The van der Waals surface area contributed by atoms with Gasteiger partial charge in [0, 0.05) is 32.3 Å². The first-order valence-electron chi connectivity index (χ1n) is 16.4. The number of hydrogen-bond donors (Lipinski definition) is 0. The van der Waals surface area contributed by atoms with Gasteiger partial charge in [-0.25, -0.2) is 0 Å². The van der Waals surface area contributed by atoms with Crippen LogP contribution in [0.4, 0.5) is 0 Å². The van der Waals surface area contributed by atoms with Crippen LogP contribution in [0.3, 0.4) is 0 Å². The zero-order chi connectivity index (χ0) is 29.7. The van der Waals surface area contributed by atoms with Crippen LogP contribution in [-0.4, -0.2) is 8.80 Å². The lowest BCUT2D eigenvalue weighted by molar-refractivity contribution is 1.04. The Labute approximate surface area is 263 Å². The Morgan fingerprint density at radius 2 is 1.17 bits per heavy atom. The van der Waals surface area contributed by atoms with Crippen molar-refractivity contribution in [3.05, 3.63) is 139 Å². The van der Waals surface area contributed by atoms with Crippen LogP contribution in [0, 0.1) is 0 Å². The molecular weight excluding hydrogens is 556 g/mol. The quantitative estimate of drug-likeness (QED) is 0.142. The van der Waals surface area contributed by atoms with Gasteiger partial charge >= 0.3 is 0 Å². The molecule has 4 aromatic heterocycles. The summed E-state index contributed by atoms with van der Waals surface area (Å²) in [6.07, 6.45) is 9.29. The standard InChI is InChI=1S/C44H26N2/c1-3-11-25(12-4-1)28-22-35-31-17-9-15-27-21-34-29-16-7-8-20-37(29)45-38-24-33(26-13-5-2-6-14-26)30-18-10-19-32-36(23-28)41(35)46(43(38)40(30)32)44(39(27)31)42(34)45/h1,3-5,7-24H,2,6H2. The van der Waals surface area contributed by atoms with Gasteiger partial charge in [-0.05, 0) is 87.0 Å². The van der Waals surface area contributed by atoms with Crippen molar-refractivity contribution in [2.45, 2.75) is 12.8 Å². The van der Waals surface area contributed by atoms with E-state index in [0.717, 1.165) is 12.8 Å². The summed E-state index contributed by atoms with van der Waals surface area (Å²) in [6, 6.07) is 43.6. The van der Waals surface area contributed by atoms with Crippen LogP contribution in [0.25, 0.3) is 104 Å². The molecule has 1 aliphatic rings. The zero-order valence-electron chi connectivity index (χ0n) is 25.0. The predicted octanol–water partition coefficient (Wildman–Crippen LogP) is 12.0. The number of pyridine rings is 2.